The maximum absolute atomic E-state index is 10.1. The van der Waals surface area contributed by atoms with Crippen LogP contribution in [0.4, 0.5) is 0 Å². The minimum absolute atomic E-state index is 0.278. The van der Waals surface area contributed by atoms with Crippen LogP contribution in [0.1, 0.15) is 17.2 Å². The minimum Gasteiger partial charge on any atom is -0.454 e. The Hall–Kier alpha value is -0.530. The number of likely N-dealkylation sites (N-methyl/N-ethyl adjacent to an activating group) is 1. The molecule has 2 aliphatic rings. The molecule has 2 heterocycles. The molecule has 4 nitrogen and oxygen atoms in total. The molecular formula is C11H12INO3. The van der Waals surface area contributed by atoms with E-state index in [0.717, 1.165) is 32.7 Å². The van der Waals surface area contributed by atoms with Gasteiger partial charge in [-0.05, 0) is 41.3 Å². The van der Waals surface area contributed by atoms with Gasteiger partial charge in [-0.25, -0.2) is 0 Å². The van der Waals surface area contributed by atoms with Gasteiger partial charge in [0.1, 0.15) is 0 Å². The highest BCUT2D eigenvalue weighted by molar-refractivity contribution is 14.1. The maximum atomic E-state index is 10.1. The molecule has 0 bridgehead atoms. The summed E-state index contributed by atoms with van der Waals surface area (Å²) >= 11 is 2.23. The summed E-state index contributed by atoms with van der Waals surface area (Å²) in [6.07, 6.45) is -0.435. The van der Waals surface area contributed by atoms with Gasteiger partial charge in [0.25, 0.3) is 0 Å². The van der Waals surface area contributed by atoms with Crippen LogP contribution in [0.15, 0.2) is 6.07 Å². The zero-order valence-corrected chi connectivity index (χ0v) is 11.0. The lowest BCUT2D eigenvalue weighted by molar-refractivity contribution is 0.107. The first-order valence-electron chi connectivity index (χ1n) is 5.14. The van der Waals surface area contributed by atoms with Crippen LogP contribution in [-0.2, 0) is 6.54 Å². The van der Waals surface area contributed by atoms with E-state index in [1.54, 1.807) is 0 Å². The molecule has 0 fully saturated rings. The molecule has 0 spiro atoms. The highest BCUT2D eigenvalue weighted by Gasteiger charge is 2.30. The summed E-state index contributed by atoms with van der Waals surface area (Å²) in [5.41, 5.74) is 2.14. The SMILES string of the molecule is CN1Cc2cc3c(c(I)c2[C@H](O)C1)OCO3. The Morgan fingerprint density at radius 3 is 3.12 bits per heavy atom. The third kappa shape index (κ3) is 1.49. The average Bonchev–Trinajstić information content (AvgIpc) is 2.64. The number of aliphatic hydroxyl groups excluding tert-OH is 1. The topological polar surface area (TPSA) is 41.9 Å². The summed E-state index contributed by atoms with van der Waals surface area (Å²) in [7, 11) is 2.00. The molecule has 16 heavy (non-hydrogen) atoms. The summed E-state index contributed by atoms with van der Waals surface area (Å²) in [5.74, 6) is 1.58. The van der Waals surface area contributed by atoms with Crippen molar-refractivity contribution in [2.75, 3.05) is 20.4 Å². The third-order valence-corrected chi connectivity index (χ3v) is 4.06. The molecule has 0 amide bonds. The summed E-state index contributed by atoms with van der Waals surface area (Å²) in [5, 5.41) is 10.1. The maximum Gasteiger partial charge on any atom is 0.231 e. The van der Waals surface area contributed by atoms with Gasteiger partial charge in [0.05, 0.1) is 9.67 Å². The molecule has 2 aliphatic heterocycles. The van der Waals surface area contributed by atoms with Gasteiger partial charge in [0.2, 0.25) is 6.79 Å². The van der Waals surface area contributed by atoms with Gasteiger partial charge in [0.15, 0.2) is 11.5 Å². The van der Waals surface area contributed by atoms with E-state index in [9.17, 15) is 5.11 Å². The lowest BCUT2D eigenvalue weighted by Crippen LogP contribution is -2.30. The number of nitrogens with zero attached hydrogens (tertiary/aromatic N) is 1. The lowest BCUT2D eigenvalue weighted by Gasteiger charge is -2.30. The quantitative estimate of drug-likeness (QED) is 0.731. The van der Waals surface area contributed by atoms with Crippen LogP contribution >= 0.6 is 22.6 Å². The van der Waals surface area contributed by atoms with E-state index in [2.05, 4.69) is 27.5 Å². The second-order valence-corrected chi connectivity index (χ2v) is 5.29. The summed E-state index contributed by atoms with van der Waals surface area (Å²) in [4.78, 5) is 2.10. The molecule has 1 N–H and O–H groups in total. The van der Waals surface area contributed by atoms with Crippen LogP contribution in [0.5, 0.6) is 11.5 Å². The van der Waals surface area contributed by atoms with Crippen molar-refractivity contribution in [2.24, 2.45) is 0 Å². The van der Waals surface area contributed by atoms with Crippen molar-refractivity contribution in [3.8, 4) is 11.5 Å². The first-order chi connectivity index (χ1) is 7.66. The highest BCUT2D eigenvalue weighted by Crippen LogP contribution is 2.43. The minimum atomic E-state index is -0.435. The number of fused-ring (bicyclic) bond motifs is 2. The number of hydrogen-bond donors (Lipinski definition) is 1. The predicted octanol–water partition coefficient (Wildman–Crippen LogP) is 1.50. The Morgan fingerprint density at radius 2 is 2.31 bits per heavy atom. The first-order valence-corrected chi connectivity index (χ1v) is 6.22. The van der Waals surface area contributed by atoms with E-state index in [1.807, 2.05) is 13.1 Å². The Kier molecular flexibility index (Phi) is 2.49. The Morgan fingerprint density at radius 1 is 1.50 bits per heavy atom. The zero-order valence-electron chi connectivity index (χ0n) is 8.86. The molecule has 1 aromatic carbocycles. The van der Waals surface area contributed by atoms with E-state index in [4.69, 9.17) is 9.47 Å². The lowest BCUT2D eigenvalue weighted by atomic mass is 9.97. The molecule has 0 saturated heterocycles. The van der Waals surface area contributed by atoms with Crippen molar-refractivity contribution in [3.63, 3.8) is 0 Å². The Balaban J connectivity index is 2.18. The molecular weight excluding hydrogens is 321 g/mol. The second-order valence-electron chi connectivity index (χ2n) is 4.21. The molecule has 0 unspecified atom stereocenters. The molecule has 0 aromatic heterocycles. The van der Waals surface area contributed by atoms with E-state index >= 15 is 0 Å². The molecule has 0 saturated carbocycles. The fourth-order valence-electron chi connectivity index (χ4n) is 2.30. The molecule has 3 rings (SSSR count). The van der Waals surface area contributed by atoms with Gasteiger partial charge < -0.3 is 14.6 Å². The largest absolute Gasteiger partial charge is 0.454 e. The average molecular weight is 333 g/mol. The molecule has 0 aliphatic carbocycles. The van der Waals surface area contributed by atoms with E-state index < -0.39 is 6.10 Å². The van der Waals surface area contributed by atoms with E-state index in [0.29, 0.717) is 6.54 Å². The van der Waals surface area contributed by atoms with Crippen LogP contribution in [-0.4, -0.2) is 30.4 Å². The van der Waals surface area contributed by atoms with Crippen LogP contribution < -0.4 is 9.47 Å². The fraction of sp³-hybridized carbons (Fsp3) is 0.455. The van der Waals surface area contributed by atoms with Crippen molar-refractivity contribution >= 4 is 22.6 Å². The number of aliphatic hydroxyl groups is 1. The Labute approximate surface area is 107 Å². The van der Waals surface area contributed by atoms with Crippen LogP contribution in [0, 0.1) is 3.57 Å². The van der Waals surface area contributed by atoms with Gasteiger partial charge >= 0.3 is 0 Å². The van der Waals surface area contributed by atoms with Gasteiger partial charge in [-0.2, -0.15) is 0 Å². The molecule has 0 radical (unpaired) electrons. The number of rotatable bonds is 0. The molecule has 86 valence electrons. The number of ether oxygens (including phenoxy) is 2. The van der Waals surface area contributed by atoms with Crippen molar-refractivity contribution < 1.29 is 14.6 Å². The van der Waals surface area contributed by atoms with Gasteiger partial charge in [0, 0.05) is 18.7 Å². The molecule has 1 aromatic rings. The summed E-state index contributed by atoms with van der Waals surface area (Å²) in [6, 6.07) is 1.98. The summed E-state index contributed by atoms with van der Waals surface area (Å²) in [6.45, 7) is 1.79. The smallest absolute Gasteiger partial charge is 0.231 e. The van der Waals surface area contributed by atoms with Crippen LogP contribution in [0.25, 0.3) is 0 Å². The highest BCUT2D eigenvalue weighted by atomic mass is 127. The van der Waals surface area contributed by atoms with Crippen LogP contribution in [0.3, 0.4) is 0 Å². The van der Waals surface area contributed by atoms with Crippen LogP contribution in [0.2, 0.25) is 0 Å². The fourth-order valence-corrected chi connectivity index (χ4v) is 3.43. The number of halogens is 1. The third-order valence-electron chi connectivity index (χ3n) is 2.99. The van der Waals surface area contributed by atoms with Gasteiger partial charge in [-0.15, -0.1) is 0 Å². The van der Waals surface area contributed by atoms with Crippen molar-refractivity contribution in [3.05, 3.63) is 20.8 Å². The van der Waals surface area contributed by atoms with E-state index in [-0.39, 0.29) is 6.79 Å². The standard InChI is InChI=1S/C11H12INO3/c1-13-3-6-2-8-11(16-5-15-8)10(12)9(6)7(14)4-13/h2,7,14H,3-5H2,1H3/t7-/m1/s1. The Bertz CT molecular complexity index is 449. The second kappa shape index (κ2) is 3.75. The molecule has 5 heteroatoms. The zero-order chi connectivity index (χ0) is 11.3. The number of β-amino-alcohol motifs (C(OH)–C–C–N with tert-alkyl or cyclic N) is 1. The first kappa shape index (κ1) is 10.6. The number of hydrogen-bond acceptors (Lipinski definition) is 4. The van der Waals surface area contributed by atoms with Gasteiger partial charge in [-0.1, -0.05) is 0 Å². The molecule has 1 atom stereocenters. The van der Waals surface area contributed by atoms with Gasteiger partial charge in [-0.3, -0.25) is 4.90 Å². The predicted molar refractivity (Wildman–Crippen MR) is 66.6 cm³/mol. The van der Waals surface area contributed by atoms with Crippen molar-refractivity contribution in [2.45, 2.75) is 12.6 Å². The summed E-state index contributed by atoms with van der Waals surface area (Å²) < 4.78 is 11.8. The van der Waals surface area contributed by atoms with Crippen molar-refractivity contribution in [1.82, 2.24) is 4.90 Å². The normalized spacial score (nSPS) is 23.3. The monoisotopic (exact) mass is 333 g/mol. The number of benzene rings is 1. The van der Waals surface area contributed by atoms with Crippen molar-refractivity contribution in [1.29, 1.82) is 0 Å². The van der Waals surface area contributed by atoms with E-state index in [1.165, 1.54) is 0 Å².